The minimum absolute atomic E-state index is 0.328. The molecule has 1 saturated heterocycles. The van der Waals surface area contributed by atoms with Crippen molar-refractivity contribution in [3.05, 3.63) is 42.2 Å². The highest BCUT2D eigenvalue weighted by molar-refractivity contribution is 5.46. The number of fused-ring (bicyclic) bond motifs is 1. The number of rotatable bonds is 3. The zero-order chi connectivity index (χ0) is 17.4. The Morgan fingerprint density at radius 2 is 2.16 bits per heavy atom. The van der Waals surface area contributed by atoms with E-state index in [0.717, 1.165) is 43.1 Å². The summed E-state index contributed by atoms with van der Waals surface area (Å²) < 4.78 is 2.09. The molecule has 0 aromatic carbocycles. The van der Waals surface area contributed by atoms with Gasteiger partial charge in [-0.25, -0.2) is 15.0 Å². The van der Waals surface area contributed by atoms with Crippen LogP contribution in [0.15, 0.2) is 30.9 Å². The van der Waals surface area contributed by atoms with Crippen LogP contribution in [-0.4, -0.2) is 37.4 Å². The predicted octanol–water partition coefficient (Wildman–Crippen LogP) is 2.61. The van der Waals surface area contributed by atoms with Gasteiger partial charge in [0.15, 0.2) is 0 Å². The molecule has 0 radical (unpaired) electrons. The molecule has 4 rings (SSSR count). The summed E-state index contributed by atoms with van der Waals surface area (Å²) in [4.78, 5) is 19.9. The van der Waals surface area contributed by atoms with Crippen molar-refractivity contribution in [2.45, 2.75) is 38.5 Å². The van der Waals surface area contributed by atoms with Crippen molar-refractivity contribution in [3.63, 3.8) is 0 Å². The van der Waals surface area contributed by atoms with Gasteiger partial charge in [-0.2, -0.15) is 4.98 Å². The molecule has 130 valence electrons. The summed E-state index contributed by atoms with van der Waals surface area (Å²) in [5.74, 6) is 2.00. The zero-order valence-corrected chi connectivity index (χ0v) is 14.6. The minimum atomic E-state index is 0.328. The summed E-state index contributed by atoms with van der Waals surface area (Å²) in [6.07, 6.45) is 7.83. The number of hydrogen-bond acceptors (Lipinski definition) is 6. The number of aromatic nitrogens is 5. The Morgan fingerprint density at radius 1 is 1.28 bits per heavy atom. The molecule has 1 unspecified atom stereocenters. The summed E-state index contributed by atoms with van der Waals surface area (Å²) in [5, 5.41) is 0. The van der Waals surface area contributed by atoms with Gasteiger partial charge in [-0.15, -0.1) is 0 Å². The summed E-state index contributed by atoms with van der Waals surface area (Å²) in [6.45, 7) is 6.13. The fourth-order valence-corrected chi connectivity index (χ4v) is 3.51. The molecular weight excluding hydrogens is 314 g/mol. The van der Waals surface area contributed by atoms with Crippen molar-refractivity contribution in [2.75, 3.05) is 23.7 Å². The van der Waals surface area contributed by atoms with Crippen LogP contribution in [-0.2, 0) is 0 Å². The second kappa shape index (κ2) is 6.31. The van der Waals surface area contributed by atoms with E-state index in [0.29, 0.717) is 17.8 Å². The molecule has 0 bridgehead atoms. The first-order valence-corrected chi connectivity index (χ1v) is 8.78. The maximum atomic E-state index is 5.94. The maximum absolute atomic E-state index is 5.94. The van der Waals surface area contributed by atoms with Crippen molar-refractivity contribution in [2.24, 2.45) is 0 Å². The Kier molecular flexibility index (Phi) is 3.99. The molecule has 25 heavy (non-hydrogen) atoms. The SMILES string of the molecule is CC(C)c1cc(N2CCCC(c3cnc4ccncn34)C2)nc(N)n1. The summed E-state index contributed by atoms with van der Waals surface area (Å²) in [7, 11) is 0. The van der Waals surface area contributed by atoms with Crippen LogP contribution in [0.25, 0.3) is 5.65 Å². The number of imidazole rings is 1. The maximum Gasteiger partial charge on any atom is 0.222 e. The molecule has 1 fully saturated rings. The second-order valence-electron chi connectivity index (χ2n) is 6.94. The topological polar surface area (TPSA) is 85.2 Å². The molecule has 2 N–H and O–H groups in total. The lowest BCUT2D eigenvalue weighted by Gasteiger charge is -2.33. The summed E-state index contributed by atoms with van der Waals surface area (Å²) >= 11 is 0. The summed E-state index contributed by atoms with van der Waals surface area (Å²) in [6, 6.07) is 4.00. The number of piperidine rings is 1. The molecule has 7 heteroatoms. The van der Waals surface area contributed by atoms with Gasteiger partial charge in [-0.3, -0.25) is 4.40 Å². The molecule has 0 aliphatic carbocycles. The van der Waals surface area contributed by atoms with E-state index in [1.807, 2.05) is 18.6 Å². The van der Waals surface area contributed by atoms with Crippen LogP contribution < -0.4 is 10.6 Å². The van der Waals surface area contributed by atoms with Gasteiger partial charge in [0.05, 0.1) is 5.69 Å². The van der Waals surface area contributed by atoms with Crippen molar-refractivity contribution >= 4 is 17.4 Å². The van der Waals surface area contributed by atoms with Gasteiger partial charge in [0.2, 0.25) is 5.95 Å². The van der Waals surface area contributed by atoms with E-state index >= 15 is 0 Å². The molecule has 0 saturated carbocycles. The molecule has 7 nitrogen and oxygen atoms in total. The molecular formula is C18H23N7. The second-order valence-corrected chi connectivity index (χ2v) is 6.94. The van der Waals surface area contributed by atoms with Crippen LogP contribution in [0.5, 0.6) is 0 Å². The van der Waals surface area contributed by atoms with E-state index < -0.39 is 0 Å². The van der Waals surface area contributed by atoms with Crippen LogP contribution in [0.2, 0.25) is 0 Å². The highest BCUT2D eigenvalue weighted by Gasteiger charge is 2.25. The molecule has 4 heterocycles. The Labute approximate surface area is 146 Å². The normalized spacial score (nSPS) is 18.2. The Balaban J connectivity index is 1.63. The fourth-order valence-electron chi connectivity index (χ4n) is 3.51. The summed E-state index contributed by atoms with van der Waals surface area (Å²) in [5.41, 5.74) is 9.07. The Bertz CT molecular complexity index is 886. The monoisotopic (exact) mass is 337 g/mol. The first-order valence-electron chi connectivity index (χ1n) is 8.78. The van der Waals surface area contributed by atoms with Crippen LogP contribution in [0.3, 0.4) is 0 Å². The molecule has 1 aliphatic rings. The number of hydrogen-bond donors (Lipinski definition) is 1. The van der Waals surface area contributed by atoms with Crippen LogP contribution in [0.1, 0.15) is 49.9 Å². The van der Waals surface area contributed by atoms with E-state index in [4.69, 9.17) is 5.73 Å². The van der Waals surface area contributed by atoms with Crippen LogP contribution in [0, 0.1) is 0 Å². The lowest BCUT2D eigenvalue weighted by molar-refractivity contribution is 0.495. The minimum Gasteiger partial charge on any atom is -0.368 e. The number of nitrogen functional groups attached to an aromatic ring is 1. The third-order valence-electron chi connectivity index (χ3n) is 4.85. The average Bonchev–Trinajstić information content (AvgIpc) is 3.05. The Hall–Kier alpha value is -2.70. The number of nitrogens with two attached hydrogens (primary N) is 1. The van der Waals surface area contributed by atoms with E-state index in [9.17, 15) is 0 Å². The molecule has 3 aromatic heterocycles. The predicted molar refractivity (Wildman–Crippen MR) is 97.7 cm³/mol. The largest absolute Gasteiger partial charge is 0.368 e. The van der Waals surface area contributed by atoms with E-state index in [2.05, 4.69) is 49.2 Å². The van der Waals surface area contributed by atoms with Gasteiger partial charge in [0, 0.05) is 43.2 Å². The first kappa shape index (κ1) is 15.8. The standard InChI is InChI=1S/C18H23N7/c1-12(2)14-8-17(23-18(19)22-14)24-7-3-4-13(10-24)15-9-21-16-5-6-20-11-25(15)16/h5-6,8-9,11-13H,3-4,7,10H2,1-2H3,(H2,19,22,23). The smallest absolute Gasteiger partial charge is 0.222 e. The third kappa shape index (κ3) is 3.01. The molecule has 0 spiro atoms. The lowest BCUT2D eigenvalue weighted by Crippen LogP contribution is -2.35. The van der Waals surface area contributed by atoms with Crippen molar-refractivity contribution in [1.82, 2.24) is 24.3 Å². The molecule has 1 aliphatic heterocycles. The van der Waals surface area contributed by atoms with Crippen molar-refractivity contribution in [1.29, 1.82) is 0 Å². The van der Waals surface area contributed by atoms with Gasteiger partial charge in [-0.05, 0) is 24.8 Å². The van der Waals surface area contributed by atoms with E-state index in [-0.39, 0.29) is 0 Å². The first-order chi connectivity index (χ1) is 12.1. The van der Waals surface area contributed by atoms with Gasteiger partial charge >= 0.3 is 0 Å². The quantitative estimate of drug-likeness (QED) is 0.791. The lowest BCUT2D eigenvalue weighted by atomic mass is 9.95. The molecule has 1 atom stereocenters. The molecule has 0 amide bonds. The van der Waals surface area contributed by atoms with Gasteiger partial charge in [-0.1, -0.05) is 13.8 Å². The van der Waals surface area contributed by atoms with Gasteiger partial charge in [0.1, 0.15) is 17.8 Å². The average molecular weight is 337 g/mol. The van der Waals surface area contributed by atoms with Crippen LogP contribution in [0.4, 0.5) is 11.8 Å². The van der Waals surface area contributed by atoms with E-state index in [1.165, 1.54) is 5.69 Å². The Morgan fingerprint density at radius 3 is 3.00 bits per heavy atom. The zero-order valence-electron chi connectivity index (χ0n) is 14.6. The van der Waals surface area contributed by atoms with E-state index in [1.54, 1.807) is 6.20 Å². The third-order valence-corrected chi connectivity index (χ3v) is 4.85. The van der Waals surface area contributed by atoms with Crippen molar-refractivity contribution < 1.29 is 0 Å². The van der Waals surface area contributed by atoms with Crippen molar-refractivity contribution in [3.8, 4) is 0 Å². The van der Waals surface area contributed by atoms with Crippen LogP contribution >= 0.6 is 0 Å². The highest BCUT2D eigenvalue weighted by atomic mass is 15.2. The fraction of sp³-hybridized carbons (Fsp3) is 0.444. The number of anilines is 2. The number of nitrogens with zero attached hydrogens (tertiary/aromatic N) is 6. The molecule has 3 aromatic rings. The van der Waals surface area contributed by atoms with Gasteiger partial charge < -0.3 is 10.6 Å². The highest BCUT2D eigenvalue weighted by Crippen LogP contribution is 2.30. The van der Waals surface area contributed by atoms with Gasteiger partial charge in [0.25, 0.3) is 0 Å².